The van der Waals surface area contributed by atoms with Gasteiger partial charge in [-0.2, -0.15) is 0 Å². The highest BCUT2D eigenvalue weighted by molar-refractivity contribution is 7.89. The summed E-state index contributed by atoms with van der Waals surface area (Å²) in [5, 5.41) is 7.89. The highest BCUT2D eigenvalue weighted by atomic mass is 35.5. The maximum Gasteiger partial charge on any atom is 0.227 e. The molecule has 0 saturated carbocycles. The van der Waals surface area contributed by atoms with Crippen molar-refractivity contribution in [3.8, 4) is 0 Å². The molecule has 2 amide bonds. The number of carbonyl (C=O) groups excluding carboxylic acids is 2. The first-order valence-electron chi connectivity index (χ1n) is 6.53. The summed E-state index contributed by atoms with van der Waals surface area (Å²) in [6.45, 7) is 1.64. The van der Waals surface area contributed by atoms with Gasteiger partial charge in [0.25, 0.3) is 0 Å². The molecular weight excluding hydrogens is 330 g/mol. The predicted molar refractivity (Wildman–Crippen MR) is 84.2 cm³/mol. The lowest BCUT2D eigenvalue weighted by atomic mass is 10.1. The van der Waals surface area contributed by atoms with E-state index in [0.717, 1.165) is 0 Å². The van der Waals surface area contributed by atoms with Crippen LogP contribution in [-0.4, -0.2) is 32.5 Å². The van der Waals surface area contributed by atoms with Crippen molar-refractivity contribution in [2.45, 2.75) is 13.3 Å². The molecule has 120 valence electrons. The lowest BCUT2D eigenvalue weighted by molar-refractivity contribution is -0.117. The Balaban J connectivity index is 2.17. The van der Waals surface area contributed by atoms with Gasteiger partial charge in [-0.25, -0.2) is 13.6 Å². The molecule has 1 fully saturated rings. The summed E-state index contributed by atoms with van der Waals surface area (Å²) >= 11 is 6.07. The van der Waals surface area contributed by atoms with E-state index >= 15 is 0 Å². The topological polar surface area (TPSA) is 110 Å². The minimum absolute atomic E-state index is 0.126. The quantitative estimate of drug-likeness (QED) is 0.846. The number of nitrogens with zero attached hydrogens (tertiary/aromatic N) is 1. The summed E-state index contributed by atoms with van der Waals surface area (Å²) in [4.78, 5) is 24.5. The Bertz CT molecular complexity index is 720. The van der Waals surface area contributed by atoms with Gasteiger partial charge < -0.3 is 10.2 Å². The molecule has 1 aliphatic heterocycles. The summed E-state index contributed by atoms with van der Waals surface area (Å²) in [6, 6.07) is 4.80. The van der Waals surface area contributed by atoms with Gasteiger partial charge in [0.15, 0.2) is 0 Å². The van der Waals surface area contributed by atoms with Crippen molar-refractivity contribution in [3.63, 3.8) is 0 Å². The van der Waals surface area contributed by atoms with Crippen molar-refractivity contribution >= 4 is 44.8 Å². The smallest absolute Gasteiger partial charge is 0.227 e. The summed E-state index contributed by atoms with van der Waals surface area (Å²) in [5.74, 6) is -0.999. The summed E-state index contributed by atoms with van der Waals surface area (Å²) in [6.07, 6.45) is 0.126. The molecule has 22 heavy (non-hydrogen) atoms. The number of nitrogens with one attached hydrogen (secondary N) is 1. The maximum absolute atomic E-state index is 12.0. The van der Waals surface area contributed by atoms with Crippen LogP contribution >= 0.6 is 11.6 Å². The van der Waals surface area contributed by atoms with Crippen molar-refractivity contribution in [2.24, 2.45) is 11.1 Å². The van der Waals surface area contributed by atoms with Crippen LogP contribution in [-0.2, 0) is 19.6 Å². The Morgan fingerprint density at radius 3 is 2.73 bits per heavy atom. The normalized spacial score (nSPS) is 18.6. The number of amides is 2. The number of carbonyl (C=O) groups is 2. The molecule has 9 heteroatoms. The van der Waals surface area contributed by atoms with Gasteiger partial charge in [0, 0.05) is 31.5 Å². The molecule has 0 radical (unpaired) electrons. The Hall–Kier alpha value is -1.64. The van der Waals surface area contributed by atoms with E-state index < -0.39 is 10.0 Å². The molecule has 0 aliphatic carbocycles. The van der Waals surface area contributed by atoms with Crippen molar-refractivity contribution in [1.82, 2.24) is 0 Å². The van der Waals surface area contributed by atoms with Crippen molar-refractivity contribution in [1.29, 1.82) is 0 Å². The predicted octanol–water partition coefficient (Wildman–Crippen LogP) is 0.940. The zero-order valence-electron chi connectivity index (χ0n) is 11.9. The number of hydrogen-bond donors (Lipinski definition) is 2. The monoisotopic (exact) mass is 345 g/mol. The average Bonchev–Trinajstić information content (AvgIpc) is 2.70. The third-order valence-electron chi connectivity index (χ3n) is 3.25. The zero-order valence-corrected chi connectivity index (χ0v) is 13.4. The molecule has 1 saturated heterocycles. The van der Waals surface area contributed by atoms with Crippen LogP contribution in [0, 0.1) is 5.92 Å². The van der Waals surface area contributed by atoms with E-state index in [9.17, 15) is 18.0 Å². The highest BCUT2D eigenvalue weighted by Gasteiger charge is 2.33. The van der Waals surface area contributed by atoms with Crippen LogP contribution in [0.1, 0.15) is 13.3 Å². The second-order valence-corrected chi connectivity index (χ2v) is 7.32. The SMILES string of the molecule is CC(=O)Nc1ccc(N2CC(CS(N)(=O)=O)CC2=O)cc1Cl. The fourth-order valence-corrected chi connectivity index (χ4v) is 3.54. The van der Waals surface area contributed by atoms with Crippen molar-refractivity contribution in [2.75, 3.05) is 22.5 Å². The van der Waals surface area contributed by atoms with Gasteiger partial charge in [0.2, 0.25) is 21.8 Å². The van der Waals surface area contributed by atoms with Gasteiger partial charge in [-0.3, -0.25) is 9.59 Å². The van der Waals surface area contributed by atoms with Crippen LogP contribution in [0.4, 0.5) is 11.4 Å². The van der Waals surface area contributed by atoms with Crippen LogP contribution in [0.25, 0.3) is 0 Å². The van der Waals surface area contributed by atoms with E-state index in [-0.39, 0.29) is 36.5 Å². The van der Waals surface area contributed by atoms with E-state index in [1.54, 1.807) is 18.2 Å². The molecule has 1 heterocycles. The first-order chi connectivity index (χ1) is 10.2. The zero-order chi connectivity index (χ0) is 16.5. The fourth-order valence-electron chi connectivity index (χ4n) is 2.43. The Morgan fingerprint density at radius 2 is 2.18 bits per heavy atom. The van der Waals surface area contributed by atoms with Gasteiger partial charge in [0.1, 0.15) is 0 Å². The number of primary sulfonamides is 1. The molecule has 3 N–H and O–H groups in total. The Kier molecular flexibility index (Phi) is 4.74. The van der Waals surface area contributed by atoms with E-state index in [0.29, 0.717) is 16.4 Å². The molecule has 1 aromatic rings. The van der Waals surface area contributed by atoms with E-state index in [2.05, 4.69) is 5.32 Å². The number of halogens is 1. The van der Waals surface area contributed by atoms with Gasteiger partial charge in [-0.15, -0.1) is 0 Å². The summed E-state index contributed by atoms with van der Waals surface area (Å²) in [5.41, 5.74) is 1.01. The first kappa shape index (κ1) is 16.7. The van der Waals surface area contributed by atoms with E-state index in [4.69, 9.17) is 16.7 Å². The van der Waals surface area contributed by atoms with Crippen LogP contribution in [0.2, 0.25) is 5.02 Å². The largest absolute Gasteiger partial charge is 0.325 e. The molecular formula is C13H16ClN3O4S. The highest BCUT2D eigenvalue weighted by Crippen LogP contribution is 2.31. The number of anilines is 2. The first-order valence-corrected chi connectivity index (χ1v) is 8.63. The van der Waals surface area contributed by atoms with Crippen LogP contribution < -0.4 is 15.4 Å². The van der Waals surface area contributed by atoms with E-state index in [1.165, 1.54) is 11.8 Å². The minimum atomic E-state index is -3.62. The second kappa shape index (κ2) is 6.23. The number of nitrogens with two attached hydrogens (primary N) is 1. The number of rotatable bonds is 4. The third kappa shape index (κ3) is 4.19. The molecule has 1 aliphatic rings. The standard InChI is InChI=1S/C13H16ClN3O4S/c1-8(18)16-12-3-2-10(5-11(12)14)17-6-9(4-13(17)19)7-22(15,20)21/h2-3,5,9H,4,6-7H2,1H3,(H,16,18)(H2,15,20,21). The van der Waals surface area contributed by atoms with Gasteiger partial charge in [0.05, 0.1) is 16.5 Å². The van der Waals surface area contributed by atoms with Gasteiger partial charge >= 0.3 is 0 Å². The maximum atomic E-state index is 12.0. The Morgan fingerprint density at radius 1 is 1.50 bits per heavy atom. The molecule has 0 spiro atoms. The van der Waals surface area contributed by atoms with Gasteiger partial charge in [-0.1, -0.05) is 11.6 Å². The lowest BCUT2D eigenvalue weighted by Crippen LogP contribution is -2.27. The van der Waals surface area contributed by atoms with Gasteiger partial charge in [-0.05, 0) is 18.2 Å². The minimum Gasteiger partial charge on any atom is -0.325 e. The molecule has 0 aromatic heterocycles. The van der Waals surface area contributed by atoms with Crippen LogP contribution in [0.15, 0.2) is 18.2 Å². The van der Waals surface area contributed by atoms with Crippen LogP contribution in [0.3, 0.4) is 0 Å². The molecule has 7 nitrogen and oxygen atoms in total. The summed E-state index contributed by atoms with van der Waals surface area (Å²) < 4.78 is 22.3. The van der Waals surface area contributed by atoms with Crippen molar-refractivity contribution < 1.29 is 18.0 Å². The molecule has 1 atom stereocenters. The second-order valence-electron chi connectivity index (χ2n) is 5.25. The number of hydrogen-bond acceptors (Lipinski definition) is 4. The Labute approximate surface area is 133 Å². The molecule has 0 bridgehead atoms. The lowest BCUT2D eigenvalue weighted by Gasteiger charge is -2.18. The van der Waals surface area contributed by atoms with Crippen LogP contribution in [0.5, 0.6) is 0 Å². The molecule has 2 rings (SSSR count). The number of benzene rings is 1. The van der Waals surface area contributed by atoms with Crippen molar-refractivity contribution in [3.05, 3.63) is 23.2 Å². The average molecular weight is 346 g/mol. The fraction of sp³-hybridized carbons (Fsp3) is 0.385. The van der Waals surface area contributed by atoms with E-state index in [1.807, 2.05) is 0 Å². The molecule has 1 unspecified atom stereocenters. The third-order valence-corrected chi connectivity index (χ3v) is 4.50. The number of sulfonamides is 1. The summed E-state index contributed by atoms with van der Waals surface area (Å²) in [7, 11) is -3.62. The molecule has 1 aromatic carbocycles.